The second-order valence-electron chi connectivity index (χ2n) is 8.62. The summed E-state index contributed by atoms with van der Waals surface area (Å²) in [6.45, 7) is 5.92. The van der Waals surface area contributed by atoms with Gasteiger partial charge in [-0.15, -0.1) is 0 Å². The molecule has 0 amide bonds. The van der Waals surface area contributed by atoms with Gasteiger partial charge in [0.05, 0.1) is 34.7 Å². The molecule has 0 unspecified atom stereocenters. The Kier molecular flexibility index (Phi) is 6.69. The maximum absolute atomic E-state index is 11.6. The van der Waals surface area contributed by atoms with E-state index in [-0.39, 0.29) is 13.5 Å². The molecule has 0 saturated carbocycles. The minimum absolute atomic E-state index is 0. The van der Waals surface area contributed by atoms with Crippen LogP contribution in [0.5, 0.6) is 0 Å². The Bertz CT molecular complexity index is 1600. The molecular weight excluding hydrogens is 474 g/mol. The summed E-state index contributed by atoms with van der Waals surface area (Å²) in [7, 11) is -3.35. The van der Waals surface area contributed by atoms with E-state index in [1.807, 2.05) is 50.4 Å². The van der Waals surface area contributed by atoms with Crippen LogP contribution in [-0.2, 0) is 10.0 Å². The first-order valence-corrected chi connectivity index (χ1v) is 13.0. The third-order valence-corrected chi connectivity index (χ3v) is 6.63. The second kappa shape index (κ2) is 9.58. The highest BCUT2D eigenvalue weighted by Gasteiger charge is 2.20. The molecule has 1 atom stereocenters. The van der Waals surface area contributed by atoms with Crippen LogP contribution in [0, 0.1) is 13.8 Å². The number of aryl methyl sites for hydroxylation is 2. The summed E-state index contributed by atoms with van der Waals surface area (Å²) >= 11 is 0. The third-order valence-electron chi connectivity index (χ3n) is 6.02. The predicted molar refractivity (Wildman–Crippen MR) is 143 cm³/mol. The Balaban J connectivity index is 0.00000304. The first-order chi connectivity index (χ1) is 16.7. The summed E-state index contributed by atoms with van der Waals surface area (Å²) in [6.07, 6.45) is 6.84. The van der Waals surface area contributed by atoms with E-state index < -0.39 is 10.0 Å². The number of anilines is 1. The van der Waals surface area contributed by atoms with Gasteiger partial charge in [-0.05, 0) is 56.7 Å². The van der Waals surface area contributed by atoms with Crippen molar-refractivity contribution in [1.82, 2.24) is 19.7 Å². The van der Waals surface area contributed by atoms with Gasteiger partial charge in [-0.3, -0.25) is 14.7 Å². The van der Waals surface area contributed by atoms with Crippen LogP contribution in [0.15, 0.2) is 71.6 Å². The van der Waals surface area contributed by atoms with Crippen LogP contribution in [0.1, 0.15) is 37.5 Å². The maximum atomic E-state index is 11.6. The van der Waals surface area contributed by atoms with Crippen molar-refractivity contribution in [3.8, 4) is 22.3 Å². The highest BCUT2D eigenvalue weighted by molar-refractivity contribution is 7.92. The summed E-state index contributed by atoms with van der Waals surface area (Å²) < 4.78 is 33.2. The van der Waals surface area contributed by atoms with Crippen LogP contribution in [-0.4, -0.2) is 34.4 Å². The molecule has 8 nitrogen and oxygen atoms in total. The molecule has 0 spiro atoms. The number of aromatic nitrogens is 4. The summed E-state index contributed by atoms with van der Waals surface area (Å²) in [6, 6.07) is 15.2. The van der Waals surface area contributed by atoms with E-state index >= 15 is 0 Å². The smallest absolute Gasteiger partial charge is 0.229 e. The third kappa shape index (κ3) is 4.74. The van der Waals surface area contributed by atoms with Crippen molar-refractivity contribution in [2.75, 3.05) is 11.0 Å². The lowest BCUT2D eigenvalue weighted by atomic mass is 10.0. The molecular formula is C27H29N5O3S. The van der Waals surface area contributed by atoms with Gasteiger partial charge >= 0.3 is 0 Å². The average molecular weight is 504 g/mol. The number of hydrogen-bond donors (Lipinski definition) is 1. The normalized spacial score (nSPS) is 12.3. The Hall–Kier alpha value is -3.98. The van der Waals surface area contributed by atoms with E-state index in [0.29, 0.717) is 5.69 Å². The SMILES string of the molecule is C.Cc1noc(C)c1-c1cnc2c(-c3ccc(NS(C)(=O)=O)cc3)cn([C@@H](C)c3ccccn3)c2c1. The molecule has 186 valence electrons. The molecule has 0 saturated heterocycles. The fourth-order valence-electron chi connectivity index (χ4n) is 4.39. The van der Waals surface area contributed by atoms with E-state index in [4.69, 9.17) is 9.51 Å². The fourth-order valence-corrected chi connectivity index (χ4v) is 4.95. The molecule has 5 rings (SSSR count). The van der Waals surface area contributed by atoms with Crippen LogP contribution in [0.25, 0.3) is 33.3 Å². The fraction of sp³-hybridized carbons (Fsp3) is 0.222. The van der Waals surface area contributed by atoms with Crippen LogP contribution < -0.4 is 4.72 Å². The van der Waals surface area contributed by atoms with Gasteiger partial charge in [0.1, 0.15) is 5.76 Å². The van der Waals surface area contributed by atoms with E-state index in [1.54, 1.807) is 18.3 Å². The lowest BCUT2D eigenvalue weighted by molar-refractivity contribution is 0.393. The van der Waals surface area contributed by atoms with E-state index in [0.717, 1.165) is 56.7 Å². The maximum Gasteiger partial charge on any atom is 0.229 e. The summed E-state index contributed by atoms with van der Waals surface area (Å²) in [5, 5.41) is 4.10. The zero-order valence-corrected chi connectivity index (χ0v) is 20.7. The summed E-state index contributed by atoms with van der Waals surface area (Å²) in [5.41, 5.74) is 7.80. The summed E-state index contributed by atoms with van der Waals surface area (Å²) in [4.78, 5) is 9.41. The van der Waals surface area contributed by atoms with Gasteiger partial charge in [-0.25, -0.2) is 8.42 Å². The minimum atomic E-state index is -3.35. The molecule has 0 aliphatic rings. The number of hydrogen-bond acceptors (Lipinski definition) is 6. The standard InChI is InChI=1S/C26H25N5O3S.CH4/c1-16-25(18(3)34-29-16)20-13-24-26(28-14-20)22(15-31(24)17(2)23-7-5-6-12-27-23)19-8-10-21(11-9-19)30-35(4,32)33;/h5-15,17,30H,1-4H3;1H4/t17-;/m0./s1. The van der Waals surface area contributed by atoms with Gasteiger partial charge in [-0.1, -0.05) is 30.8 Å². The first kappa shape index (κ1) is 25.1. The van der Waals surface area contributed by atoms with E-state index in [2.05, 4.69) is 38.6 Å². The van der Waals surface area contributed by atoms with Crippen molar-refractivity contribution in [2.24, 2.45) is 0 Å². The second-order valence-corrected chi connectivity index (χ2v) is 10.4. The number of nitrogens with zero attached hydrogens (tertiary/aromatic N) is 4. The monoisotopic (exact) mass is 503 g/mol. The van der Waals surface area contributed by atoms with Crippen molar-refractivity contribution in [1.29, 1.82) is 0 Å². The zero-order chi connectivity index (χ0) is 24.7. The Morgan fingerprint density at radius 1 is 1.03 bits per heavy atom. The number of sulfonamides is 1. The largest absolute Gasteiger partial charge is 0.361 e. The molecule has 4 heterocycles. The number of nitrogens with one attached hydrogen (secondary N) is 1. The molecule has 9 heteroatoms. The van der Waals surface area contributed by atoms with Gasteiger partial charge in [0.2, 0.25) is 10.0 Å². The number of rotatable bonds is 6. The molecule has 1 N–H and O–H groups in total. The van der Waals surface area contributed by atoms with Crippen LogP contribution in [0.4, 0.5) is 5.69 Å². The highest BCUT2D eigenvalue weighted by Crippen LogP contribution is 2.36. The summed E-state index contributed by atoms with van der Waals surface area (Å²) in [5.74, 6) is 0.744. The molecule has 0 aliphatic heterocycles. The van der Waals surface area contributed by atoms with Gasteiger partial charge in [0.25, 0.3) is 0 Å². The Labute approximate surface area is 211 Å². The molecule has 36 heavy (non-hydrogen) atoms. The highest BCUT2D eigenvalue weighted by atomic mass is 32.2. The van der Waals surface area contributed by atoms with Crippen molar-refractivity contribution >= 4 is 26.7 Å². The first-order valence-electron chi connectivity index (χ1n) is 11.1. The molecule has 0 bridgehead atoms. The molecule has 1 aromatic carbocycles. The quantitative estimate of drug-likeness (QED) is 0.305. The molecule has 0 aliphatic carbocycles. The lowest BCUT2D eigenvalue weighted by Crippen LogP contribution is -2.09. The van der Waals surface area contributed by atoms with Gasteiger partial charge in [0.15, 0.2) is 0 Å². The predicted octanol–water partition coefficient (Wildman–Crippen LogP) is 5.99. The molecule has 0 radical (unpaired) electrons. The topological polar surface area (TPSA) is 103 Å². The van der Waals surface area contributed by atoms with E-state index in [1.165, 1.54) is 0 Å². The number of pyridine rings is 2. The zero-order valence-electron chi connectivity index (χ0n) is 19.9. The number of fused-ring (bicyclic) bond motifs is 1. The van der Waals surface area contributed by atoms with Gasteiger partial charge in [0, 0.05) is 41.0 Å². The average Bonchev–Trinajstić information content (AvgIpc) is 3.38. The van der Waals surface area contributed by atoms with E-state index in [9.17, 15) is 8.42 Å². The van der Waals surface area contributed by atoms with Crippen LogP contribution in [0.3, 0.4) is 0 Å². The minimum Gasteiger partial charge on any atom is -0.361 e. The van der Waals surface area contributed by atoms with Crippen LogP contribution in [0.2, 0.25) is 0 Å². The molecule has 4 aromatic heterocycles. The molecule has 5 aromatic rings. The van der Waals surface area contributed by atoms with Gasteiger partial charge in [-0.2, -0.15) is 0 Å². The van der Waals surface area contributed by atoms with Crippen LogP contribution >= 0.6 is 0 Å². The van der Waals surface area contributed by atoms with Crippen molar-refractivity contribution in [3.05, 3.63) is 84.3 Å². The molecule has 0 fully saturated rings. The van der Waals surface area contributed by atoms with Gasteiger partial charge < -0.3 is 9.09 Å². The lowest BCUT2D eigenvalue weighted by Gasteiger charge is -2.15. The van der Waals surface area contributed by atoms with Crippen molar-refractivity contribution < 1.29 is 12.9 Å². The Morgan fingerprint density at radius 2 is 1.78 bits per heavy atom. The Morgan fingerprint density at radius 3 is 2.39 bits per heavy atom. The number of benzene rings is 1. The van der Waals surface area contributed by atoms with Crippen molar-refractivity contribution in [2.45, 2.75) is 34.2 Å². The van der Waals surface area contributed by atoms with Crippen molar-refractivity contribution in [3.63, 3.8) is 0 Å².